The molecule has 10 nitrogen and oxygen atoms in total. The van der Waals surface area contributed by atoms with Gasteiger partial charge in [0.1, 0.15) is 10.8 Å². The van der Waals surface area contributed by atoms with Crippen molar-refractivity contribution in [1.82, 2.24) is 5.43 Å². The lowest BCUT2D eigenvalue weighted by Gasteiger charge is -2.13. The maximum atomic E-state index is 12.9. The van der Waals surface area contributed by atoms with Gasteiger partial charge < -0.3 is 24.3 Å². The standard InChI is InChI=1S/C30H35N3O7S/c1-7-37-24-15-10-21(16-25(24)38-8-2)17-31-33-27(34)19(5)40-23-13-11-22(12-14-23)28(35)32-29-26(30(36)39-9-3)18(4)20(6)41-29/h10-17,19H,7-9H2,1-6H3,(H,32,35)(H,33,34)/b31-17+. The Morgan fingerprint density at radius 1 is 0.951 bits per heavy atom. The topological polar surface area (TPSA) is 125 Å². The van der Waals surface area contributed by atoms with Crippen LogP contribution in [-0.4, -0.2) is 49.9 Å². The van der Waals surface area contributed by atoms with Gasteiger partial charge in [0.2, 0.25) is 0 Å². The zero-order chi connectivity index (χ0) is 29.9. The Morgan fingerprint density at radius 3 is 2.29 bits per heavy atom. The van der Waals surface area contributed by atoms with Crippen molar-refractivity contribution >= 4 is 40.3 Å². The van der Waals surface area contributed by atoms with Crippen LogP contribution in [0.3, 0.4) is 0 Å². The molecule has 1 unspecified atom stereocenters. The summed E-state index contributed by atoms with van der Waals surface area (Å²) in [6, 6.07) is 11.7. The lowest BCUT2D eigenvalue weighted by atomic mass is 10.1. The highest BCUT2D eigenvalue weighted by Gasteiger charge is 2.22. The largest absolute Gasteiger partial charge is 0.490 e. The predicted molar refractivity (Wildman–Crippen MR) is 159 cm³/mol. The van der Waals surface area contributed by atoms with E-state index in [1.54, 1.807) is 56.3 Å². The highest BCUT2D eigenvalue weighted by Crippen LogP contribution is 2.33. The number of rotatable bonds is 13. The van der Waals surface area contributed by atoms with Crippen molar-refractivity contribution in [3.05, 3.63) is 69.6 Å². The van der Waals surface area contributed by atoms with Gasteiger partial charge >= 0.3 is 5.97 Å². The molecule has 1 aromatic heterocycles. The monoisotopic (exact) mass is 581 g/mol. The number of hydrazone groups is 1. The van der Waals surface area contributed by atoms with E-state index in [1.165, 1.54) is 17.6 Å². The van der Waals surface area contributed by atoms with Gasteiger partial charge in [0.15, 0.2) is 17.6 Å². The van der Waals surface area contributed by atoms with Crippen LogP contribution in [0.2, 0.25) is 0 Å². The van der Waals surface area contributed by atoms with Crippen LogP contribution in [0.4, 0.5) is 5.00 Å². The van der Waals surface area contributed by atoms with Crippen LogP contribution in [0.5, 0.6) is 17.2 Å². The molecule has 0 aliphatic carbocycles. The van der Waals surface area contributed by atoms with Gasteiger partial charge in [0.05, 0.1) is 31.6 Å². The number of thiophene rings is 1. The molecule has 11 heteroatoms. The zero-order valence-electron chi connectivity index (χ0n) is 24.0. The number of esters is 1. The first kappa shape index (κ1) is 31.2. The molecule has 0 bridgehead atoms. The molecule has 2 amide bonds. The first-order valence-corrected chi connectivity index (χ1v) is 14.1. The van der Waals surface area contributed by atoms with E-state index in [1.807, 2.05) is 27.7 Å². The molecule has 0 saturated carbocycles. The van der Waals surface area contributed by atoms with Crippen LogP contribution in [-0.2, 0) is 9.53 Å². The lowest BCUT2D eigenvalue weighted by Crippen LogP contribution is -2.33. The maximum Gasteiger partial charge on any atom is 0.341 e. The van der Waals surface area contributed by atoms with E-state index in [2.05, 4.69) is 15.8 Å². The van der Waals surface area contributed by atoms with E-state index < -0.39 is 18.0 Å². The van der Waals surface area contributed by atoms with E-state index in [-0.39, 0.29) is 12.5 Å². The van der Waals surface area contributed by atoms with Crippen molar-refractivity contribution in [2.45, 2.75) is 47.6 Å². The fourth-order valence-corrected chi connectivity index (χ4v) is 4.73. The number of anilines is 1. The van der Waals surface area contributed by atoms with E-state index in [0.29, 0.717) is 46.6 Å². The molecule has 0 spiro atoms. The van der Waals surface area contributed by atoms with Crippen LogP contribution >= 0.6 is 11.3 Å². The van der Waals surface area contributed by atoms with Crippen LogP contribution in [0.25, 0.3) is 0 Å². The first-order valence-electron chi connectivity index (χ1n) is 13.3. The number of hydrogen-bond acceptors (Lipinski definition) is 9. The van der Waals surface area contributed by atoms with Gasteiger partial charge in [-0.05, 0) is 95.1 Å². The smallest absolute Gasteiger partial charge is 0.341 e. The number of carbonyl (C=O) groups is 3. The molecule has 3 aromatic rings. The Kier molecular flexibility index (Phi) is 11.3. The summed E-state index contributed by atoms with van der Waals surface area (Å²) in [7, 11) is 0. The first-order chi connectivity index (χ1) is 19.7. The Morgan fingerprint density at radius 2 is 1.63 bits per heavy atom. The summed E-state index contributed by atoms with van der Waals surface area (Å²) < 4.78 is 22.0. The van der Waals surface area contributed by atoms with Gasteiger partial charge in [0.25, 0.3) is 11.8 Å². The van der Waals surface area contributed by atoms with E-state index in [4.69, 9.17) is 18.9 Å². The summed E-state index contributed by atoms with van der Waals surface area (Å²) >= 11 is 1.32. The van der Waals surface area contributed by atoms with Crippen molar-refractivity contribution in [3.63, 3.8) is 0 Å². The average Bonchev–Trinajstić information content (AvgIpc) is 3.22. The highest BCUT2D eigenvalue weighted by atomic mass is 32.1. The van der Waals surface area contributed by atoms with Crippen LogP contribution in [0.15, 0.2) is 47.6 Å². The number of nitrogens with zero attached hydrogens (tertiary/aromatic N) is 1. The summed E-state index contributed by atoms with van der Waals surface area (Å²) in [4.78, 5) is 38.7. The number of aryl methyl sites for hydroxylation is 1. The minimum atomic E-state index is -0.852. The Balaban J connectivity index is 1.58. The fraction of sp³-hybridized carbons (Fsp3) is 0.333. The molecule has 218 valence electrons. The number of hydrogen-bond donors (Lipinski definition) is 2. The molecule has 3 rings (SSSR count). The fourth-order valence-electron chi connectivity index (χ4n) is 3.69. The van der Waals surface area contributed by atoms with Gasteiger partial charge in [0, 0.05) is 10.4 Å². The summed E-state index contributed by atoms with van der Waals surface area (Å²) in [6.45, 7) is 12.0. The van der Waals surface area contributed by atoms with Gasteiger partial charge in [-0.25, -0.2) is 10.2 Å². The minimum Gasteiger partial charge on any atom is -0.490 e. The number of ether oxygens (including phenoxy) is 4. The van der Waals surface area contributed by atoms with E-state index in [0.717, 1.165) is 16.0 Å². The van der Waals surface area contributed by atoms with Gasteiger partial charge in [-0.1, -0.05) is 0 Å². The van der Waals surface area contributed by atoms with E-state index >= 15 is 0 Å². The number of carbonyl (C=O) groups excluding carboxylic acids is 3. The van der Waals surface area contributed by atoms with Crippen molar-refractivity contribution in [3.8, 4) is 17.2 Å². The van der Waals surface area contributed by atoms with Crippen molar-refractivity contribution in [2.24, 2.45) is 5.10 Å². The second-order valence-electron chi connectivity index (χ2n) is 8.75. The molecule has 1 atom stereocenters. The summed E-state index contributed by atoms with van der Waals surface area (Å²) in [6.07, 6.45) is 0.649. The second kappa shape index (κ2) is 14.8. The molecule has 1 heterocycles. The summed E-state index contributed by atoms with van der Waals surface area (Å²) in [5, 5.41) is 7.26. The average molecular weight is 582 g/mol. The lowest BCUT2D eigenvalue weighted by molar-refractivity contribution is -0.127. The van der Waals surface area contributed by atoms with Crippen molar-refractivity contribution < 1.29 is 33.3 Å². The molecular weight excluding hydrogens is 546 g/mol. The normalized spacial score (nSPS) is 11.6. The zero-order valence-corrected chi connectivity index (χ0v) is 24.8. The third-order valence-electron chi connectivity index (χ3n) is 5.85. The second-order valence-corrected chi connectivity index (χ2v) is 9.98. The van der Waals surface area contributed by atoms with Gasteiger partial charge in [-0.15, -0.1) is 11.3 Å². The molecule has 0 radical (unpaired) electrons. The molecule has 0 saturated heterocycles. The molecule has 2 aromatic carbocycles. The molecule has 41 heavy (non-hydrogen) atoms. The van der Waals surface area contributed by atoms with Gasteiger partial charge in [-0.3, -0.25) is 9.59 Å². The SMILES string of the molecule is CCOC(=O)c1c(NC(=O)c2ccc(OC(C)C(=O)N/N=C/c3ccc(OCC)c(OCC)c3)cc2)sc(C)c1C. The molecule has 0 aliphatic rings. The number of nitrogens with one attached hydrogen (secondary N) is 2. The maximum absolute atomic E-state index is 12.9. The number of benzene rings is 2. The van der Waals surface area contributed by atoms with Crippen LogP contribution in [0.1, 0.15) is 64.4 Å². The minimum absolute atomic E-state index is 0.239. The Bertz CT molecular complexity index is 1400. The predicted octanol–water partition coefficient (Wildman–Crippen LogP) is 5.51. The highest BCUT2D eigenvalue weighted by molar-refractivity contribution is 7.16. The van der Waals surface area contributed by atoms with E-state index in [9.17, 15) is 14.4 Å². The molecular formula is C30H35N3O7S. The molecule has 2 N–H and O–H groups in total. The van der Waals surface area contributed by atoms with Crippen molar-refractivity contribution in [2.75, 3.05) is 25.1 Å². The van der Waals surface area contributed by atoms with Crippen molar-refractivity contribution in [1.29, 1.82) is 0 Å². The quantitative estimate of drug-likeness (QED) is 0.155. The van der Waals surface area contributed by atoms with Gasteiger partial charge in [-0.2, -0.15) is 5.10 Å². The summed E-state index contributed by atoms with van der Waals surface area (Å²) in [5.74, 6) is 0.327. The third kappa shape index (κ3) is 8.31. The third-order valence-corrected chi connectivity index (χ3v) is 6.97. The van der Waals surface area contributed by atoms with Crippen LogP contribution in [0, 0.1) is 13.8 Å². The number of amides is 2. The molecule has 0 aliphatic heterocycles. The van der Waals surface area contributed by atoms with Crippen LogP contribution < -0.4 is 25.0 Å². The Hall–Kier alpha value is -4.38. The summed E-state index contributed by atoms with van der Waals surface area (Å²) in [5.41, 5.74) is 4.69. The molecule has 0 fully saturated rings. The Labute approximate surface area is 243 Å².